The maximum atomic E-state index is 12.7. The van der Waals surface area contributed by atoms with Crippen molar-refractivity contribution in [1.29, 1.82) is 0 Å². The van der Waals surface area contributed by atoms with Crippen LogP contribution < -0.4 is 10.2 Å². The molecule has 8 heteroatoms. The van der Waals surface area contributed by atoms with Crippen LogP contribution in [0.2, 0.25) is 0 Å². The van der Waals surface area contributed by atoms with Gasteiger partial charge in [0, 0.05) is 25.8 Å². The highest BCUT2D eigenvalue weighted by Gasteiger charge is 2.32. The Balaban J connectivity index is 3.11. The summed E-state index contributed by atoms with van der Waals surface area (Å²) in [7, 11) is 1.65. The zero-order valence-corrected chi connectivity index (χ0v) is 12.7. The summed E-state index contributed by atoms with van der Waals surface area (Å²) >= 11 is 0. The monoisotopic (exact) mass is 306 g/mol. The zero-order valence-electron chi connectivity index (χ0n) is 12.7. The van der Waals surface area contributed by atoms with Crippen molar-refractivity contribution in [1.82, 2.24) is 9.97 Å². The molecule has 0 spiro atoms. The average molecular weight is 306 g/mol. The highest BCUT2D eigenvalue weighted by atomic mass is 19.4. The number of rotatable bonds is 7. The fourth-order valence-electron chi connectivity index (χ4n) is 1.74. The van der Waals surface area contributed by atoms with Crippen LogP contribution in [0.1, 0.15) is 26.6 Å². The van der Waals surface area contributed by atoms with Gasteiger partial charge in [0.25, 0.3) is 0 Å². The van der Waals surface area contributed by atoms with Crippen LogP contribution in [0.4, 0.5) is 24.8 Å². The Hall–Kier alpha value is -1.57. The fraction of sp³-hybridized carbons (Fsp3) is 0.692. The molecule has 0 aromatic carbocycles. The predicted molar refractivity (Wildman–Crippen MR) is 75.4 cm³/mol. The second kappa shape index (κ2) is 7.44. The lowest BCUT2D eigenvalue weighted by Crippen LogP contribution is -2.39. The van der Waals surface area contributed by atoms with Gasteiger partial charge in [0.2, 0.25) is 0 Å². The second-order valence-corrected chi connectivity index (χ2v) is 4.75. The van der Waals surface area contributed by atoms with Gasteiger partial charge in [0.05, 0.1) is 0 Å². The summed E-state index contributed by atoms with van der Waals surface area (Å²) in [6.45, 7) is 4.80. The molecule has 5 nitrogen and oxygen atoms in total. The molecule has 0 radical (unpaired) electrons. The number of nitrogens with zero attached hydrogens (tertiary/aromatic N) is 3. The molecule has 0 aliphatic rings. The first-order valence-corrected chi connectivity index (χ1v) is 6.73. The van der Waals surface area contributed by atoms with Crippen LogP contribution in [0.25, 0.3) is 0 Å². The standard InChI is InChI=1S/C13H21F3N4O/c1-5-21-7-11-18-10(17-4)6-12(19-11)20(9(2)3)8-13(14,15)16/h6,9H,5,7-8H2,1-4H3,(H,17,18,19). The van der Waals surface area contributed by atoms with Crippen LogP contribution in [0.15, 0.2) is 6.07 Å². The molecule has 0 fully saturated rings. The molecule has 0 bridgehead atoms. The lowest BCUT2D eigenvalue weighted by molar-refractivity contribution is -0.120. The number of alkyl halides is 3. The van der Waals surface area contributed by atoms with Crippen molar-refractivity contribution in [2.24, 2.45) is 0 Å². The smallest absolute Gasteiger partial charge is 0.374 e. The number of ether oxygens (including phenoxy) is 1. The van der Waals surface area contributed by atoms with E-state index in [2.05, 4.69) is 15.3 Å². The largest absolute Gasteiger partial charge is 0.405 e. The van der Waals surface area contributed by atoms with E-state index in [1.54, 1.807) is 20.9 Å². The first-order chi connectivity index (χ1) is 9.76. The van der Waals surface area contributed by atoms with Gasteiger partial charge in [-0.05, 0) is 20.8 Å². The molecule has 1 heterocycles. The first kappa shape index (κ1) is 17.5. The Morgan fingerprint density at radius 2 is 2.00 bits per heavy atom. The topological polar surface area (TPSA) is 50.3 Å². The number of nitrogens with one attached hydrogen (secondary N) is 1. The molecule has 0 aliphatic heterocycles. The fourth-order valence-corrected chi connectivity index (χ4v) is 1.74. The van der Waals surface area contributed by atoms with Crippen LogP contribution in [-0.4, -0.2) is 42.4 Å². The average Bonchev–Trinajstić information content (AvgIpc) is 2.40. The van der Waals surface area contributed by atoms with Crippen molar-refractivity contribution in [3.8, 4) is 0 Å². The van der Waals surface area contributed by atoms with Crippen LogP contribution in [-0.2, 0) is 11.3 Å². The van der Waals surface area contributed by atoms with Gasteiger partial charge in [-0.15, -0.1) is 0 Å². The molecule has 0 aliphatic carbocycles. The zero-order chi connectivity index (χ0) is 16.0. The number of hydrogen-bond acceptors (Lipinski definition) is 5. The first-order valence-electron chi connectivity index (χ1n) is 6.73. The van der Waals surface area contributed by atoms with Gasteiger partial charge in [-0.2, -0.15) is 13.2 Å². The molecule has 1 aromatic heterocycles. The SMILES string of the molecule is CCOCc1nc(NC)cc(N(CC(F)(F)F)C(C)C)n1. The van der Waals surface area contributed by atoms with Crippen LogP contribution >= 0.6 is 0 Å². The molecule has 1 N–H and O–H groups in total. The Bertz CT molecular complexity index is 452. The van der Waals surface area contributed by atoms with Gasteiger partial charge in [0.1, 0.15) is 24.8 Å². The highest BCUT2D eigenvalue weighted by molar-refractivity contribution is 5.49. The molecule has 1 aromatic rings. The molecule has 0 saturated heterocycles. The number of aromatic nitrogens is 2. The van der Waals surface area contributed by atoms with E-state index in [1.165, 1.54) is 11.0 Å². The molecule has 0 amide bonds. The second-order valence-electron chi connectivity index (χ2n) is 4.75. The predicted octanol–water partition coefficient (Wildman–Crippen LogP) is 2.83. The maximum absolute atomic E-state index is 12.7. The van der Waals surface area contributed by atoms with Crippen LogP contribution in [0.5, 0.6) is 0 Å². The normalized spacial score (nSPS) is 11.8. The minimum Gasteiger partial charge on any atom is -0.374 e. The summed E-state index contributed by atoms with van der Waals surface area (Å²) in [5.74, 6) is 1.05. The lowest BCUT2D eigenvalue weighted by Gasteiger charge is -2.29. The Kier molecular flexibility index (Phi) is 6.19. The van der Waals surface area contributed by atoms with E-state index in [1.807, 2.05) is 6.92 Å². The number of halogens is 3. The summed E-state index contributed by atoms with van der Waals surface area (Å²) in [4.78, 5) is 9.54. The van der Waals surface area contributed by atoms with Gasteiger partial charge in [-0.25, -0.2) is 9.97 Å². The minimum atomic E-state index is -4.30. The summed E-state index contributed by atoms with van der Waals surface area (Å²) in [5.41, 5.74) is 0. The van der Waals surface area contributed by atoms with Gasteiger partial charge in [0.15, 0.2) is 5.82 Å². The summed E-state index contributed by atoms with van der Waals surface area (Å²) in [6.07, 6.45) is -4.30. The van der Waals surface area contributed by atoms with Crippen molar-refractivity contribution in [2.45, 2.75) is 39.6 Å². The van der Waals surface area contributed by atoms with Crippen molar-refractivity contribution in [3.05, 3.63) is 11.9 Å². The summed E-state index contributed by atoms with van der Waals surface area (Å²) in [5, 5.41) is 2.83. The molecule has 0 unspecified atom stereocenters. The maximum Gasteiger partial charge on any atom is 0.405 e. The summed E-state index contributed by atoms with van der Waals surface area (Å²) in [6, 6.07) is 1.16. The van der Waals surface area contributed by atoms with Gasteiger partial charge < -0.3 is 15.0 Å². The van der Waals surface area contributed by atoms with Crippen molar-refractivity contribution < 1.29 is 17.9 Å². The van der Waals surface area contributed by atoms with E-state index in [4.69, 9.17) is 4.74 Å². The molecular formula is C13H21F3N4O. The van der Waals surface area contributed by atoms with Crippen molar-refractivity contribution in [2.75, 3.05) is 30.4 Å². The third-order valence-corrected chi connectivity index (χ3v) is 2.72. The van der Waals surface area contributed by atoms with E-state index in [0.29, 0.717) is 18.2 Å². The van der Waals surface area contributed by atoms with E-state index >= 15 is 0 Å². The van der Waals surface area contributed by atoms with Gasteiger partial charge in [-0.3, -0.25) is 0 Å². The molecule has 0 atom stereocenters. The Morgan fingerprint density at radius 3 is 2.48 bits per heavy atom. The third-order valence-electron chi connectivity index (χ3n) is 2.72. The molecule has 0 saturated carbocycles. The van der Waals surface area contributed by atoms with Crippen LogP contribution in [0, 0.1) is 0 Å². The van der Waals surface area contributed by atoms with E-state index in [-0.39, 0.29) is 18.5 Å². The molecule has 1 rings (SSSR count). The quantitative estimate of drug-likeness (QED) is 0.839. The number of anilines is 2. The Labute approximate surface area is 122 Å². The third kappa shape index (κ3) is 5.74. The van der Waals surface area contributed by atoms with Gasteiger partial charge in [-0.1, -0.05) is 0 Å². The molecule has 120 valence electrons. The van der Waals surface area contributed by atoms with Crippen molar-refractivity contribution in [3.63, 3.8) is 0 Å². The summed E-state index contributed by atoms with van der Waals surface area (Å²) < 4.78 is 43.4. The van der Waals surface area contributed by atoms with Gasteiger partial charge >= 0.3 is 6.18 Å². The van der Waals surface area contributed by atoms with E-state index in [0.717, 1.165) is 0 Å². The lowest BCUT2D eigenvalue weighted by atomic mass is 10.3. The molecular weight excluding hydrogens is 285 g/mol. The van der Waals surface area contributed by atoms with Crippen molar-refractivity contribution >= 4 is 11.6 Å². The molecule has 21 heavy (non-hydrogen) atoms. The van der Waals surface area contributed by atoms with E-state index in [9.17, 15) is 13.2 Å². The minimum absolute atomic E-state index is 0.164. The Morgan fingerprint density at radius 1 is 1.33 bits per heavy atom. The highest BCUT2D eigenvalue weighted by Crippen LogP contribution is 2.24. The van der Waals surface area contributed by atoms with Crippen LogP contribution in [0.3, 0.4) is 0 Å². The van der Waals surface area contributed by atoms with E-state index < -0.39 is 12.7 Å². The number of hydrogen-bond donors (Lipinski definition) is 1.